The maximum atomic E-state index is 13.0. The topological polar surface area (TPSA) is 76.6 Å². The van der Waals surface area contributed by atoms with Gasteiger partial charge in [0, 0.05) is 60.2 Å². The molecule has 0 bridgehead atoms. The van der Waals surface area contributed by atoms with Crippen LogP contribution in [0.15, 0.2) is 48.8 Å². The van der Waals surface area contributed by atoms with E-state index in [0.717, 1.165) is 79.5 Å². The Labute approximate surface area is 218 Å². The van der Waals surface area contributed by atoms with Gasteiger partial charge in [-0.05, 0) is 54.8 Å². The Kier molecular flexibility index (Phi) is 6.11. The van der Waals surface area contributed by atoms with Crippen LogP contribution in [0.4, 0.5) is 24.5 Å². The zero-order valence-electron chi connectivity index (χ0n) is 20.8. The van der Waals surface area contributed by atoms with Gasteiger partial charge in [0.05, 0.1) is 31.2 Å². The number of alkyl halides is 3. The van der Waals surface area contributed by atoms with Crippen molar-refractivity contribution >= 4 is 17.3 Å². The van der Waals surface area contributed by atoms with Crippen molar-refractivity contribution in [1.29, 1.82) is 0 Å². The number of fused-ring (bicyclic) bond motifs is 4. The monoisotopic (exact) mass is 524 g/mol. The molecule has 2 saturated heterocycles. The summed E-state index contributed by atoms with van der Waals surface area (Å²) in [6, 6.07) is 9.93. The second-order valence-electron chi connectivity index (χ2n) is 10.2. The first-order valence-corrected chi connectivity index (χ1v) is 12.6. The number of ether oxygens (including phenoxy) is 2. The summed E-state index contributed by atoms with van der Waals surface area (Å²) in [5, 5.41) is 2.72. The molecule has 1 atom stereocenters. The summed E-state index contributed by atoms with van der Waals surface area (Å²) >= 11 is 0. The summed E-state index contributed by atoms with van der Waals surface area (Å²) in [6.45, 7) is 5.62. The summed E-state index contributed by atoms with van der Waals surface area (Å²) in [7, 11) is 0. The Morgan fingerprint density at radius 1 is 1.11 bits per heavy atom. The number of nitrogens with zero attached hydrogens (tertiary/aromatic N) is 3. The Balaban J connectivity index is 1.30. The van der Waals surface area contributed by atoms with Gasteiger partial charge < -0.3 is 19.7 Å². The van der Waals surface area contributed by atoms with Gasteiger partial charge in [-0.25, -0.2) is 0 Å². The van der Waals surface area contributed by atoms with Crippen LogP contribution in [0, 0.1) is 12.3 Å². The summed E-state index contributed by atoms with van der Waals surface area (Å²) in [6.07, 6.45) is 0.0190. The molecule has 7 nitrogen and oxygen atoms in total. The van der Waals surface area contributed by atoms with Crippen LogP contribution in [0.3, 0.4) is 0 Å². The Morgan fingerprint density at radius 2 is 1.95 bits per heavy atom. The normalized spacial score (nSPS) is 20.2. The minimum absolute atomic E-state index is 0.0776. The minimum atomic E-state index is -4.63. The lowest BCUT2D eigenvalue weighted by atomic mass is 9.70. The fraction of sp³-hybridized carbons (Fsp3) is 0.393. The molecule has 0 saturated carbocycles. The number of benzene rings is 1. The molecule has 0 radical (unpaired) electrons. The summed E-state index contributed by atoms with van der Waals surface area (Å²) in [4.78, 5) is 23.4. The average Bonchev–Trinajstić information content (AvgIpc) is 3.14. The third-order valence-electron chi connectivity index (χ3n) is 7.77. The van der Waals surface area contributed by atoms with E-state index in [0.29, 0.717) is 18.3 Å². The zero-order chi connectivity index (χ0) is 26.5. The van der Waals surface area contributed by atoms with E-state index in [1.807, 2.05) is 25.3 Å². The maximum absolute atomic E-state index is 13.0. The van der Waals surface area contributed by atoms with Crippen molar-refractivity contribution in [3.8, 4) is 11.1 Å². The quantitative estimate of drug-likeness (QED) is 0.526. The van der Waals surface area contributed by atoms with Crippen molar-refractivity contribution < 1.29 is 27.4 Å². The molecule has 3 aliphatic rings. The number of amides is 1. The van der Waals surface area contributed by atoms with Crippen molar-refractivity contribution in [2.45, 2.75) is 32.0 Å². The number of carbonyl (C=O) groups is 1. The van der Waals surface area contributed by atoms with Gasteiger partial charge in [-0.15, -0.1) is 0 Å². The number of carbonyl (C=O) groups excluding carboxylic acids is 1. The molecule has 1 spiro atoms. The first-order chi connectivity index (χ1) is 18.2. The number of aryl methyl sites for hydroxylation is 1. The standard InChI is InChI=1S/C28H27F3N4O3/c1-17-2-3-20(34-26(36)18-4-6-32-24(11-18)28(29,30)31)12-21(17)19-10-23-22(33-14-19)13-27(15-38-16-27)25-5-8-37-9-7-35(23)25/h2-4,6,10-12,14,25H,5,7-9,13,15-16H2,1H3,(H,34,36). The lowest BCUT2D eigenvalue weighted by Crippen LogP contribution is -2.62. The first-order valence-electron chi connectivity index (χ1n) is 12.6. The molecule has 198 valence electrons. The SMILES string of the molecule is Cc1ccc(NC(=O)c2ccnc(C(F)(F)F)c2)cc1-c1cnc2c(c1)N1CCOCCC1C1(COC1)C2. The van der Waals surface area contributed by atoms with Crippen molar-refractivity contribution in [3.63, 3.8) is 0 Å². The van der Waals surface area contributed by atoms with Crippen LogP contribution in [0.25, 0.3) is 11.1 Å². The number of pyridine rings is 2. The molecule has 1 N–H and O–H groups in total. The predicted octanol–water partition coefficient (Wildman–Crippen LogP) is 4.89. The van der Waals surface area contributed by atoms with Crippen LogP contribution in [0.1, 0.15) is 33.7 Å². The van der Waals surface area contributed by atoms with Gasteiger partial charge in [0.25, 0.3) is 5.91 Å². The van der Waals surface area contributed by atoms with Gasteiger partial charge in [0.2, 0.25) is 0 Å². The number of hydrogen-bond donors (Lipinski definition) is 1. The van der Waals surface area contributed by atoms with Gasteiger partial charge in [0.1, 0.15) is 5.69 Å². The van der Waals surface area contributed by atoms with Crippen LogP contribution in [0.5, 0.6) is 0 Å². The highest BCUT2D eigenvalue weighted by atomic mass is 19.4. The van der Waals surface area contributed by atoms with Gasteiger partial charge in [-0.3, -0.25) is 14.8 Å². The molecule has 38 heavy (non-hydrogen) atoms. The number of anilines is 2. The summed E-state index contributed by atoms with van der Waals surface area (Å²) in [5.74, 6) is -0.642. The van der Waals surface area contributed by atoms with E-state index < -0.39 is 17.8 Å². The zero-order valence-corrected chi connectivity index (χ0v) is 20.8. The molecule has 2 aromatic heterocycles. The number of halogens is 3. The molecule has 5 heterocycles. The molecule has 6 rings (SSSR count). The van der Waals surface area contributed by atoms with Gasteiger partial charge in [-0.2, -0.15) is 13.2 Å². The van der Waals surface area contributed by atoms with Crippen molar-refractivity contribution in [2.75, 3.05) is 43.2 Å². The molecule has 0 aliphatic carbocycles. The first kappa shape index (κ1) is 24.8. The number of aromatic nitrogens is 2. The highest BCUT2D eigenvalue weighted by Crippen LogP contribution is 2.47. The van der Waals surface area contributed by atoms with E-state index in [-0.39, 0.29) is 11.0 Å². The van der Waals surface area contributed by atoms with E-state index >= 15 is 0 Å². The van der Waals surface area contributed by atoms with Crippen LogP contribution < -0.4 is 10.2 Å². The van der Waals surface area contributed by atoms with Crippen molar-refractivity contribution in [2.24, 2.45) is 5.41 Å². The average molecular weight is 525 g/mol. The lowest BCUT2D eigenvalue weighted by Gasteiger charge is -2.54. The highest BCUT2D eigenvalue weighted by Gasteiger charge is 2.52. The number of nitrogens with one attached hydrogen (secondary N) is 1. The fourth-order valence-corrected chi connectivity index (χ4v) is 5.76. The van der Waals surface area contributed by atoms with Gasteiger partial charge in [-0.1, -0.05) is 6.07 Å². The molecule has 1 unspecified atom stereocenters. The van der Waals surface area contributed by atoms with E-state index in [9.17, 15) is 18.0 Å². The van der Waals surface area contributed by atoms with E-state index in [4.69, 9.17) is 14.5 Å². The van der Waals surface area contributed by atoms with E-state index in [1.165, 1.54) is 6.07 Å². The predicted molar refractivity (Wildman–Crippen MR) is 135 cm³/mol. The Bertz CT molecular complexity index is 1390. The smallest absolute Gasteiger partial charge is 0.380 e. The Morgan fingerprint density at radius 3 is 2.71 bits per heavy atom. The van der Waals surface area contributed by atoms with Crippen LogP contribution in [-0.2, 0) is 22.1 Å². The number of rotatable bonds is 3. The molecule has 1 aromatic carbocycles. The van der Waals surface area contributed by atoms with Gasteiger partial charge >= 0.3 is 6.18 Å². The molecule has 3 aromatic rings. The van der Waals surface area contributed by atoms with E-state index in [2.05, 4.69) is 21.3 Å². The Hall–Kier alpha value is -3.50. The molecular weight excluding hydrogens is 497 g/mol. The third-order valence-corrected chi connectivity index (χ3v) is 7.77. The van der Waals surface area contributed by atoms with Crippen LogP contribution in [0.2, 0.25) is 0 Å². The minimum Gasteiger partial charge on any atom is -0.380 e. The summed E-state index contributed by atoms with van der Waals surface area (Å²) < 4.78 is 50.6. The maximum Gasteiger partial charge on any atom is 0.433 e. The molecule has 1 amide bonds. The third kappa shape index (κ3) is 4.41. The van der Waals surface area contributed by atoms with E-state index in [1.54, 1.807) is 6.07 Å². The largest absolute Gasteiger partial charge is 0.433 e. The van der Waals surface area contributed by atoms with Crippen molar-refractivity contribution in [3.05, 3.63) is 71.3 Å². The molecule has 10 heteroatoms. The summed E-state index contributed by atoms with van der Waals surface area (Å²) in [5.41, 5.74) is 4.26. The molecule has 3 aliphatic heterocycles. The van der Waals surface area contributed by atoms with Gasteiger partial charge in [0.15, 0.2) is 0 Å². The van der Waals surface area contributed by atoms with Crippen molar-refractivity contribution in [1.82, 2.24) is 9.97 Å². The van der Waals surface area contributed by atoms with Crippen LogP contribution in [-0.4, -0.2) is 54.9 Å². The highest BCUT2D eigenvalue weighted by molar-refractivity contribution is 6.04. The fourth-order valence-electron chi connectivity index (χ4n) is 5.76. The number of hydrogen-bond acceptors (Lipinski definition) is 6. The second-order valence-corrected chi connectivity index (χ2v) is 10.2. The second kappa shape index (κ2) is 9.36. The molecule has 2 fully saturated rings. The molecular formula is C28H27F3N4O3. The van der Waals surface area contributed by atoms with Crippen LogP contribution >= 0.6 is 0 Å². The lowest BCUT2D eigenvalue weighted by molar-refractivity contribution is -0.141.